The molecule has 0 atom stereocenters. The number of rotatable bonds is 5. The van der Waals surface area contributed by atoms with Crippen LogP contribution in [0.2, 0.25) is 0 Å². The highest BCUT2D eigenvalue weighted by Crippen LogP contribution is 2.38. The Morgan fingerprint density at radius 1 is 1.03 bits per heavy atom. The van der Waals surface area contributed by atoms with E-state index in [0.717, 1.165) is 15.6 Å². The quantitative estimate of drug-likeness (QED) is 0.288. The molecule has 31 heavy (non-hydrogen) atoms. The van der Waals surface area contributed by atoms with Crippen molar-refractivity contribution in [2.75, 3.05) is 14.2 Å². The van der Waals surface area contributed by atoms with Gasteiger partial charge in [-0.2, -0.15) is 5.10 Å². The fraction of sp³-hybridized carbons (Fsp3) is 0.143. The SMILES string of the molecule is COc1cc(/C=N/n2c(=O)[nH]c3c([nH]c4ccccc43)c2=O)cc(OC)c1OC(C)=O. The number of carbonyl (C=O) groups excluding carboxylic acids is 1. The zero-order valence-electron chi connectivity index (χ0n) is 16.9. The van der Waals surface area contributed by atoms with Crippen molar-refractivity contribution < 1.29 is 19.0 Å². The molecule has 0 unspecified atom stereocenters. The molecule has 2 heterocycles. The molecule has 4 rings (SSSR count). The molecule has 0 saturated heterocycles. The fourth-order valence-corrected chi connectivity index (χ4v) is 3.24. The average Bonchev–Trinajstić information content (AvgIpc) is 3.12. The third-order valence-electron chi connectivity index (χ3n) is 4.59. The van der Waals surface area contributed by atoms with E-state index >= 15 is 0 Å². The van der Waals surface area contributed by atoms with Crippen molar-refractivity contribution in [1.29, 1.82) is 0 Å². The molecule has 2 aromatic heterocycles. The first-order valence-electron chi connectivity index (χ1n) is 9.17. The van der Waals surface area contributed by atoms with Gasteiger partial charge in [0.1, 0.15) is 5.52 Å². The maximum Gasteiger partial charge on any atom is 0.350 e. The summed E-state index contributed by atoms with van der Waals surface area (Å²) in [4.78, 5) is 42.4. The van der Waals surface area contributed by atoms with Gasteiger partial charge in [-0.1, -0.05) is 18.2 Å². The van der Waals surface area contributed by atoms with Crippen LogP contribution in [0.5, 0.6) is 17.2 Å². The van der Waals surface area contributed by atoms with Crippen molar-refractivity contribution in [2.24, 2.45) is 5.10 Å². The predicted octanol–water partition coefficient (Wildman–Crippen LogP) is 2.00. The van der Waals surface area contributed by atoms with Crippen LogP contribution >= 0.6 is 0 Å². The first-order valence-corrected chi connectivity index (χ1v) is 9.17. The molecule has 0 radical (unpaired) electrons. The van der Waals surface area contributed by atoms with Gasteiger partial charge >= 0.3 is 17.2 Å². The van der Waals surface area contributed by atoms with Crippen LogP contribution in [0.3, 0.4) is 0 Å². The van der Waals surface area contributed by atoms with Gasteiger partial charge in [0, 0.05) is 23.4 Å². The molecular formula is C21H18N4O6. The van der Waals surface area contributed by atoms with E-state index in [0.29, 0.717) is 11.1 Å². The second-order valence-corrected chi connectivity index (χ2v) is 6.56. The third-order valence-corrected chi connectivity index (χ3v) is 4.59. The smallest absolute Gasteiger partial charge is 0.350 e. The average molecular weight is 422 g/mol. The molecule has 2 aromatic carbocycles. The minimum atomic E-state index is -0.686. The number of hydrogen-bond donors (Lipinski definition) is 2. The minimum Gasteiger partial charge on any atom is -0.493 e. The van der Waals surface area contributed by atoms with Crippen LogP contribution in [0.4, 0.5) is 0 Å². The third kappa shape index (κ3) is 3.54. The Hall–Kier alpha value is -4.34. The van der Waals surface area contributed by atoms with E-state index in [9.17, 15) is 14.4 Å². The molecule has 0 fully saturated rings. The standard InChI is InChI=1S/C21H18N4O6/c1-11(26)31-19-15(29-2)8-12(9-16(19)30-3)10-22-25-20(27)18-17(24-21(25)28)13-6-4-5-7-14(13)23-18/h4-10,23H,1-3H3,(H,24,28)/b22-10+. The summed E-state index contributed by atoms with van der Waals surface area (Å²) in [5, 5.41) is 4.77. The molecule has 0 aliphatic heterocycles. The molecule has 0 spiro atoms. The number of nitrogens with zero attached hydrogens (tertiary/aromatic N) is 2. The second-order valence-electron chi connectivity index (χ2n) is 6.56. The summed E-state index contributed by atoms with van der Waals surface area (Å²) in [6.07, 6.45) is 1.30. The van der Waals surface area contributed by atoms with Crippen LogP contribution in [0.15, 0.2) is 51.1 Å². The van der Waals surface area contributed by atoms with Crippen molar-refractivity contribution >= 4 is 34.1 Å². The van der Waals surface area contributed by atoms with Crippen molar-refractivity contribution in [3.05, 3.63) is 62.8 Å². The molecule has 2 N–H and O–H groups in total. The Bertz CT molecular complexity index is 1440. The lowest BCUT2D eigenvalue weighted by atomic mass is 10.2. The van der Waals surface area contributed by atoms with Gasteiger partial charge in [-0.25, -0.2) is 4.79 Å². The van der Waals surface area contributed by atoms with Crippen LogP contribution in [0.1, 0.15) is 12.5 Å². The van der Waals surface area contributed by atoms with E-state index in [2.05, 4.69) is 15.1 Å². The lowest BCUT2D eigenvalue weighted by Crippen LogP contribution is -2.32. The molecule has 0 saturated carbocycles. The van der Waals surface area contributed by atoms with E-state index < -0.39 is 17.2 Å². The number of H-pyrrole nitrogens is 2. The van der Waals surface area contributed by atoms with Gasteiger partial charge in [-0.3, -0.25) is 9.59 Å². The molecule has 0 amide bonds. The first-order chi connectivity index (χ1) is 14.9. The van der Waals surface area contributed by atoms with E-state index in [-0.39, 0.29) is 22.8 Å². The zero-order chi connectivity index (χ0) is 22.1. The summed E-state index contributed by atoms with van der Waals surface area (Å²) >= 11 is 0. The number of ether oxygens (including phenoxy) is 3. The number of hydrogen-bond acceptors (Lipinski definition) is 7. The molecule has 0 bridgehead atoms. The van der Waals surface area contributed by atoms with Crippen molar-refractivity contribution in [3.63, 3.8) is 0 Å². The molecule has 0 aliphatic rings. The van der Waals surface area contributed by atoms with Gasteiger partial charge in [-0.05, 0) is 18.2 Å². The maximum absolute atomic E-state index is 12.9. The number of aromatic amines is 2. The lowest BCUT2D eigenvalue weighted by Gasteiger charge is -2.13. The van der Waals surface area contributed by atoms with Crippen molar-refractivity contribution in [1.82, 2.24) is 14.6 Å². The summed E-state index contributed by atoms with van der Waals surface area (Å²) in [5.74, 6) is 0.0264. The molecule has 4 aromatic rings. The van der Waals surface area contributed by atoms with Gasteiger partial charge in [0.25, 0.3) is 0 Å². The summed E-state index contributed by atoms with van der Waals surface area (Å²) < 4.78 is 16.4. The molecule has 158 valence electrons. The normalized spacial score (nSPS) is 11.3. The highest BCUT2D eigenvalue weighted by molar-refractivity contribution is 6.04. The number of carbonyl (C=O) groups is 1. The van der Waals surface area contributed by atoms with E-state index in [1.807, 2.05) is 18.2 Å². The monoisotopic (exact) mass is 422 g/mol. The van der Waals surface area contributed by atoms with Crippen LogP contribution in [-0.2, 0) is 4.79 Å². The van der Waals surface area contributed by atoms with E-state index in [4.69, 9.17) is 14.2 Å². The fourth-order valence-electron chi connectivity index (χ4n) is 3.24. The Morgan fingerprint density at radius 2 is 1.71 bits per heavy atom. The van der Waals surface area contributed by atoms with E-state index in [1.54, 1.807) is 6.07 Å². The van der Waals surface area contributed by atoms with Crippen LogP contribution < -0.4 is 25.5 Å². The van der Waals surface area contributed by atoms with Gasteiger partial charge in [0.15, 0.2) is 11.5 Å². The Labute approximate surface area is 174 Å². The lowest BCUT2D eigenvalue weighted by molar-refractivity contribution is -0.132. The number of nitrogens with one attached hydrogen (secondary N) is 2. The second kappa shape index (κ2) is 7.82. The van der Waals surface area contributed by atoms with Crippen LogP contribution in [0.25, 0.3) is 21.9 Å². The Balaban J connectivity index is 1.81. The maximum atomic E-state index is 12.9. The summed E-state index contributed by atoms with van der Waals surface area (Å²) in [6, 6.07) is 10.3. The number of fused-ring (bicyclic) bond motifs is 3. The molecule has 10 heteroatoms. The first kappa shape index (κ1) is 20.0. The van der Waals surface area contributed by atoms with Crippen LogP contribution in [-0.4, -0.2) is 41.0 Å². The Morgan fingerprint density at radius 3 is 2.35 bits per heavy atom. The minimum absolute atomic E-state index is 0.115. The van der Waals surface area contributed by atoms with Gasteiger partial charge in [0.05, 0.1) is 26.0 Å². The topological polar surface area (TPSA) is 128 Å². The van der Waals surface area contributed by atoms with Gasteiger partial charge in [0.2, 0.25) is 5.75 Å². The summed E-state index contributed by atoms with van der Waals surface area (Å²) in [5.41, 5.74) is 0.551. The molecule has 0 aliphatic carbocycles. The number of aromatic nitrogens is 3. The highest BCUT2D eigenvalue weighted by Gasteiger charge is 2.16. The highest BCUT2D eigenvalue weighted by atomic mass is 16.6. The van der Waals surface area contributed by atoms with Crippen molar-refractivity contribution in [3.8, 4) is 17.2 Å². The van der Waals surface area contributed by atoms with Crippen molar-refractivity contribution in [2.45, 2.75) is 6.92 Å². The Kier molecular flexibility index (Phi) is 5.04. The van der Waals surface area contributed by atoms with Crippen LogP contribution in [0, 0.1) is 0 Å². The molecule has 10 nitrogen and oxygen atoms in total. The van der Waals surface area contributed by atoms with Gasteiger partial charge in [-0.15, -0.1) is 4.68 Å². The number of para-hydroxylation sites is 1. The number of esters is 1. The number of benzene rings is 2. The van der Waals surface area contributed by atoms with Gasteiger partial charge < -0.3 is 24.2 Å². The predicted molar refractivity (Wildman–Crippen MR) is 115 cm³/mol. The largest absolute Gasteiger partial charge is 0.493 e. The summed E-state index contributed by atoms with van der Waals surface area (Å²) in [6.45, 7) is 1.26. The number of methoxy groups -OCH3 is 2. The summed E-state index contributed by atoms with van der Waals surface area (Å²) in [7, 11) is 2.81. The van der Waals surface area contributed by atoms with E-state index in [1.165, 1.54) is 39.5 Å². The molecular weight excluding hydrogens is 404 g/mol. The zero-order valence-corrected chi connectivity index (χ0v) is 16.9.